The van der Waals surface area contributed by atoms with Gasteiger partial charge in [-0.1, -0.05) is 54.9 Å². The topological polar surface area (TPSA) is 111 Å². The van der Waals surface area contributed by atoms with E-state index in [1.807, 2.05) is 25.1 Å². The number of fused-ring (bicyclic) bond motifs is 1. The van der Waals surface area contributed by atoms with Crippen LogP contribution in [0.15, 0.2) is 65.7 Å². The van der Waals surface area contributed by atoms with Gasteiger partial charge in [0.25, 0.3) is 17.4 Å². The first kappa shape index (κ1) is 22.2. The summed E-state index contributed by atoms with van der Waals surface area (Å²) in [5.74, 6) is -1.17. The molecule has 0 radical (unpaired) electrons. The highest BCUT2D eigenvalue weighted by Crippen LogP contribution is 2.16. The fourth-order valence-corrected chi connectivity index (χ4v) is 3.58. The molecule has 2 amide bonds. The molecule has 0 aliphatic carbocycles. The standard InChI is InChI=1S/C23H21ClN6O3/c1-2-11-30-23(33)18-9-5-4-8-17(18)20(28-30)22(32)27-26-21(31)16-12-25-29(14-16)13-15-7-3-6-10-19(15)24/h3-10,12,14H,2,11,13H2,1H3,(H,26,31)(H,27,32). The van der Waals surface area contributed by atoms with E-state index in [0.717, 1.165) is 5.56 Å². The van der Waals surface area contributed by atoms with Crippen molar-refractivity contribution in [3.63, 3.8) is 0 Å². The van der Waals surface area contributed by atoms with Crippen molar-refractivity contribution in [1.29, 1.82) is 0 Å². The average Bonchev–Trinajstić information content (AvgIpc) is 3.29. The van der Waals surface area contributed by atoms with Gasteiger partial charge in [-0.3, -0.25) is 29.9 Å². The molecule has 2 heterocycles. The monoisotopic (exact) mass is 464 g/mol. The minimum Gasteiger partial charge on any atom is -0.267 e. The van der Waals surface area contributed by atoms with Gasteiger partial charge in [0.15, 0.2) is 5.69 Å². The molecule has 0 aliphatic rings. The van der Waals surface area contributed by atoms with E-state index in [1.165, 1.54) is 10.9 Å². The second-order valence-corrected chi connectivity index (χ2v) is 7.76. The molecule has 4 aromatic rings. The van der Waals surface area contributed by atoms with Gasteiger partial charge < -0.3 is 0 Å². The molecule has 168 valence electrons. The van der Waals surface area contributed by atoms with Gasteiger partial charge in [0.2, 0.25) is 0 Å². The van der Waals surface area contributed by atoms with Crippen LogP contribution >= 0.6 is 11.6 Å². The van der Waals surface area contributed by atoms with Crippen LogP contribution in [0, 0.1) is 0 Å². The molecule has 0 saturated carbocycles. The molecule has 0 unspecified atom stereocenters. The highest BCUT2D eigenvalue weighted by atomic mass is 35.5. The Hall–Kier alpha value is -3.98. The summed E-state index contributed by atoms with van der Waals surface area (Å²) in [4.78, 5) is 37.9. The van der Waals surface area contributed by atoms with Crippen LogP contribution in [0.4, 0.5) is 0 Å². The Labute approximate surface area is 193 Å². The third-order valence-electron chi connectivity index (χ3n) is 4.99. The van der Waals surface area contributed by atoms with Gasteiger partial charge in [-0.2, -0.15) is 10.2 Å². The van der Waals surface area contributed by atoms with Crippen LogP contribution < -0.4 is 16.4 Å². The molecular formula is C23H21ClN6O3. The lowest BCUT2D eigenvalue weighted by Gasteiger charge is -2.11. The average molecular weight is 465 g/mol. The maximum atomic E-state index is 12.8. The Morgan fingerprint density at radius 2 is 1.70 bits per heavy atom. The van der Waals surface area contributed by atoms with E-state index in [2.05, 4.69) is 21.0 Å². The molecule has 0 atom stereocenters. The van der Waals surface area contributed by atoms with Crippen molar-refractivity contribution in [3.05, 3.63) is 93.1 Å². The number of hydrogen-bond acceptors (Lipinski definition) is 5. The second kappa shape index (κ2) is 9.66. The van der Waals surface area contributed by atoms with Crippen molar-refractivity contribution in [2.75, 3.05) is 0 Å². The summed E-state index contributed by atoms with van der Waals surface area (Å²) in [6.45, 7) is 2.68. The summed E-state index contributed by atoms with van der Waals surface area (Å²) >= 11 is 6.17. The fraction of sp³-hybridized carbons (Fsp3) is 0.174. The minimum atomic E-state index is -0.632. The smallest absolute Gasteiger partial charge is 0.267 e. The summed E-state index contributed by atoms with van der Waals surface area (Å²) in [5, 5.41) is 9.79. The lowest BCUT2D eigenvalue weighted by atomic mass is 10.1. The minimum absolute atomic E-state index is 0.0494. The van der Waals surface area contributed by atoms with E-state index < -0.39 is 11.8 Å². The number of hydrazine groups is 1. The molecule has 2 aromatic heterocycles. The summed E-state index contributed by atoms with van der Waals surface area (Å²) in [5.41, 5.74) is 5.65. The van der Waals surface area contributed by atoms with E-state index in [4.69, 9.17) is 11.6 Å². The summed E-state index contributed by atoms with van der Waals surface area (Å²) in [7, 11) is 0. The van der Waals surface area contributed by atoms with E-state index >= 15 is 0 Å². The Balaban J connectivity index is 1.48. The van der Waals surface area contributed by atoms with Crippen LogP contribution in [0.5, 0.6) is 0 Å². The predicted molar refractivity (Wildman–Crippen MR) is 124 cm³/mol. The van der Waals surface area contributed by atoms with Crippen LogP contribution in [-0.4, -0.2) is 31.4 Å². The maximum Gasteiger partial charge on any atom is 0.290 e. The zero-order chi connectivity index (χ0) is 23.4. The van der Waals surface area contributed by atoms with Gasteiger partial charge in [0, 0.05) is 23.2 Å². The van der Waals surface area contributed by atoms with Crippen LogP contribution in [0.3, 0.4) is 0 Å². The molecule has 10 heteroatoms. The summed E-state index contributed by atoms with van der Waals surface area (Å²) in [6, 6.07) is 14.1. The van der Waals surface area contributed by atoms with Gasteiger partial charge in [-0.25, -0.2) is 4.68 Å². The van der Waals surface area contributed by atoms with E-state index in [0.29, 0.717) is 35.3 Å². The highest BCUT2D eigenvalue weighted by molar-refractivity contribution is 6.31. The number of hydrogen-bond donors (Lipinski definition) is 2. The molecule has 0 saturated heterocycles. The van der Waals surface area contributed by atoms with Gasteiger partial charge in [-0.05, 0) is 24.1 Å². The number of nitrogens with zero attached hydrogens (tertiary/aromatic N) is 4. The van der Waals surface area contributed by atoms with E-state index in [-0.39, 0.29) is 16.8 Å². The van der Waals surface area contributed by atoms with Crippen molar-refractivity contribution in [2.45, 2.75) is 26.4 Å². The van der Waals surface area contributed by atoms with Crippen molar-refractivity contribution < 1.29 is 9.59 Å². The maximum absolute atomic E-state index is 12.8. The highest BCUT2D eigenvalue weighted by Gasteiger charge is 2.18. The summed E-state index contributed by atoms with van der Waals surface area (Å²) in [6.07, 6.45) is 3.63. The Kier molecular flexibility index (Phi) is 6.50. The molecule has 2 N–H and O–H groups in total. The van der Waals surface area contributed by atoms with Crippen molar-refractivity contribution in [3.8, 4) is 0 Å². The second-order valence-electron chi connectivity index (χ2n) is 7.35. The number of amides is 2. The van der Waals surface area contributed by atoms with Crippen LogP contribution in [-0.2, 0) is 13.1 Å². The molecule has 0 bridgehead atoms. The van der Waals surface area contributed by atoms with Gasteiger partial charge >= 0.3 is 0 Å². The van der Waals surface area contributed by atoms with Crippen LogP contribution in [0.1, 0.15) is 39.8 Å². The lowest BCUT2D eigenvalue weighted by Crippen LogP contribution is -2.42. The Morgan fingerprint density at radius 3 is 2.45 bits per heavy atom. The van der Waals surface area contributed by atoms with Crippen molar-refractivity contribution in [1.82, 2.24) is 30.4 Å². The molecule has 2 aromatic carbocycles. The molecular weight excluding hydrogens is 444 g/mol. The number of rotatable bonds is 6. The predicted octanol–water partition coefficient (Wildman–Crippen LogP) is 2.78. The fourth-order valence-electron chi connectivity index (χ4n) is 3.38. The molecule has 4 rings (SSSR count). The van der Waals surface area contributed by atoms with Crippen LogP contribution in [0.2, 0.25) is 5.02 Å². The normalized spacial score (nSPS) is 10.8. The van der Waals surface area contributed by atoms with Crippen molar-refractivity contribution >= 4 is 34.2 Å². The number of benzene rings is 2. The van der Waals surface area contributed by atoms with Gasteiger partial charge in [0.05, 0.1) is 23.7 Å². The van der Waals surface area contributed by atoms with E-state index in [9.17, 15) is 14.4 Å². The third-order valence-corrected chi connectivity index (χ3v) is 5.36. The number of aryl methyl sites for hydroxylation is 1. The Morgan fingerprint density at radius 1 is 1.00 bits per heavy atom. The van der Waals surface area contributed by atoms with E-state index in [1.54, 1.807) is 41.2 Å². The van der Waals surface area contributed by atoms with Crippen LogP contribution in [0.25, 0.3) is 10.8 Å². The largest absolute Gasteiger partial charge is 0.290 e. The number of carbonyl (C=O) groups excluding carboxylic acids is 2. The number of halogens is 1. The molecule has 0 aliphatic heterocycles. The first-order valence-corrected chi connectivity index (χ1v) is 10.7. The zero-order valence-corrected chi connectivity index (χ0v) is 18.5. The first-order valence-electron chi connectivity index (χ1n) is 10.3. The number of nitrogens with one attached hydrogen (secondary N) is 2. The third kappa shape index (κ3) is 4.78. The quantitative estimate of drug-likeness (QED) is 0.426. The Bertz CT molecular complexity index is 1390. The SMILES string of the molecule is CCCn1nc(C(=O)NNC(=O)c2cnn(Cc3ccccc3Cl)c2)c2ccccc2c1=O. The molecule has 9 nitrogen and oxygen atoms in total. The number of aromatic nitrogens is 4. The molecule has 0 fully saturated rings. The van der Waals surface area contributed by atoms with Gasteiger partial charge in [-0.15, -0.1) is 0 Å². The lowest BCUT2D eigenvalue weighted by molar-refractivity contribution is 0.0843. The first-order chi connectivity index (χ1) is 16.0. The molecule has 33 heavy (non-hydrogen) atoms. The van der Waals surface area contributed by atoms with Gasteiger partial charge in [0.1, 0.15) is 0 Å². The zero-order valence-electron chi connectivity index (χ0n) is 17.8. The summed E-state index contributed by atoms with van der Waals surface area (Å²) < 4.78 is 2.84. The number of carbonyl (C=O) groups is 2. The molecule has 0 spiro atoms. The van der Waals surface area contributed by atoms with Crippen molar-refractivity contribution in [2.24, 2.45) is 0 Å².